The van der Waals surface area contributed by atoms with E-state index in [1.807, 2.05) is 51.0 Å². The lowest BCUT2D eigenvalue weighted by atomic mass is 9.95. The molecule has 7 nitrogen and oxygen atoms in total. The topological polar surface area (TPSA) is 71.1 Å². The Morgan fingerprint density at radius 3 is 2.57 bits per heavy atom. The van der Waals surface area contributed by atoms with Crippen molar-refractivity contribution in [2.75, 3.05) is 25.5 Å². The Morgan fingerprint density at radius 2 is 1.87 bits per heavy atom. The van der Waals surface area contributed by atoms with Gasteiger partial charge in [0.2, 0.25) is 5.91 Å². The molecule has 2 amide bonds. The fourth-order valence-corrected chi connectivity index (χ4v) is 4.87. The largest absolute Gasteiger partial charge is 0.378 e. The summed E-state index contributed by atoms with van der Waals surface area (Å²) in [5, 5.41) is 3.19. The molecule has 1 aromatic carbocycles. The number of hydrogen-bond acceptors (Lipinski definition) is 5. The summed E-state index contributed by atoms with van der Waals surface area (Å²) in [7, 11) is 3.88. The van der Waals surface area contributed by atoms with Gasteiger partial charge in [0, 0.05) is 31.4 Å². The van der Waals surface area contributed by atoms with Crippen LogP contribution in [0.3, 0.4) is 0 Å². The lowest BCUT2D eigenvalue weighted by molar-refractivity contribution is -0.162. The summed E-state index contributed by atoms with van der Waals surface area (Å²) >= 11 is 0. The number of benzene rings is 1. The summed E-state index contributed by atoms with van der Waals surface area (Å²) in [5.41, 5.74) is 1.51. The van der Waals surface area contributed by atoms with Crippen molar-refractivity contribution in [1.29, 1.82) is 0 Å². The summed E-state index contributed by atoms with van der Waals surface area (Å²) in [4.78, 5) is 30.4. The number of carbonyl (C=O) groups excluding carboxylic acids is 2. The third kappa shape index (κ3) is 4.18. The van der Waals surface area contributed by atoms with Gasteiger partial charge < -0.3 is 24.6 Å². The molecule has 0 radical (unpaired) electrons. The van der Waals surface area contributed by atoms with E-state index in [1.165, 1.54) is 6.42 Å². The zero-order valence-corrected chi connectivity index (χ0v) is 18.4. The van der Waals surface area contributed by atoms with Crippen molar-refractivity contribution in [3.63, 3.8) is 0 Å². The van der Waals surface area contributed by atoms with Gasteiger partial charge in [-0.05, 0) is 44.9 Å². The smallest absolute Gasteiger partial charge is 0.254 e. The number of fused-ring (bicyclic) bond motifs is 1. The highest BCUT2D eigenvalue weighted by molar-refractivity contribution is 5.99. The van der Waals surface area contributed by atoms with Crippen LogP contribution in [0.1, 0.15) is 56.3 Å². The number of likely N-dealkylation sites (tertiary alicyclic amines) is 1. The Morgan fingerprint density at radius 1 is 1.13 bits per heavy atom. The van der Waals surface area contributed by atoms with Crippen LogP contribution in [0, 0.1) is 0 Å². The molecular weight excluding hydrogens is 382 g/mol. The Labute approximate surface area is 178 Å². The predicted molar refractivity (Wildman–Crippen MR) is 114 cm³/mol. The van der Waals surface area contributed by atoms with Crippen molar-refractivity contribution >= 4 is 17.5 Å². The number of rotatable bonds is 4. The molecule has 164 valence electrons. The van der Waals surface area contributed by atoms with Gasteiger partial charge in [0.05, 0.1) is 6.54 Å². The second-order valence-electron chi connectivity index (χ2n) is 9.33. The zero-order chi connectivity index (χ0) is 21.5. The lowest BCUT2D eigenvalue weighted by Crippen LogP contribution is -2.53. The first-order valence-corrected chi connectivity index (χ1v) is 11.0. The minimum Gasteiger partial charge on any atom is -0.378 e. The number of ether oxygens (including phenoxy) is 2. The molecule has 7 heteroatoms. The number of amides is 2. The van der Waals surface area contributed by atoms with Gasteiger partial charge in [0.1, 0.15) is 18.2 Å². The highest BCUT2D eigenvalue weighted by Gasteiger charge is 2.56. The van der Waals surface area contributed by atoms with Crippen LogP contribution in [0.15, 0.2) is 24.3 Å². The molecular formula is C23H33N3O4. The van der Waals surface area contributed by atoms with E-state index in [0.717, 1.165) is 31.4 Å². The molecule has 1 saturated carbocycles. The molecule has 1 aromatic rings. The maximum atomic E-state index is 13.4. The van der Waals surface area contributed by atoms with Crippen molar-refractivity contribution in [3.05, 3.63) is 29.8 Å². The average Bonchev–Trinajstić information content (AvgIpc) is 3.19. The minimum absolute atomic E-state index is 0.132. The first-order chi connectivity index (χ1) is 14.2. The molecule has 30 heavy (non-hydrogen) atoms. The Kier molecular flexibility index (Phi) is 5.77. The summed E-state index contributed by atoms with van der Waals surface area (Å²) in [6.07, 6.45) is 4.72. The molecule has 3 aliphatic rings. The quantitative estimate of drug-likeness (QED) is 0.818. The van der Waals surface area contributed by atoms with Crippen molar-refractivity contribution in [1.82, 2.24) is 10.2 Å². The molecule has 2 heterocycles. The van der Waals surface area contributed by atoms with Crippen molar-refractivity contribution in [2.24, 2.45) is 0 Å². The van der Waals surface area contributed by atoms with Crippen LogP contribution < -0.4 is 10.2 Å². The zero-order valence-electron chi connectivity index (χ0n) is 18.4. The monoisotopic (exact) mass is 415 g/mol. The Hall–Kier alpha value is -2.12. The molecule has 1 N–H and O–H groups in total. The van der Waals surface area contributed by atoms with Gasteiger partial charge in [-0.2, -0.15) is 0 Å². The molecule has 0 bridgehead atoms. The van der Waals surface area contributed by atoms with Crippen LogP contribution in [0.4, 0.5) is 5.69 Å². The Balaban J connectivity index is 1.58. The van der Waals surface area contributed by atoms with Gasteiger partial charge in [-0.3, -0.25) is 9.59 Å². The van der Waals surface area contributed by atoms with Crippen molar-refractivity contribution in [3.8, 4) is 0 Å². The van der Waals surface area contributed by atoms with Crippen LogP contribution in [-0.2, 0) is 14.3 Å². The number of carbonyl (C=O) groups is 2. The molecule has 0 unspecified atom stereocenters. The number of nitrogens with zero attached hydrogens (tertiary/aromatic N) is 2. The van der Waals surface area contributed by atoms with E-state index in [0.29, 0.717) is 12.1 Å². The first kappa shape index (κ1) is 21.1. The SMILES string of the molecule is CN(C)c1cccc(C(=O)N2C[C@@H]3OC(C)(C)O[C@@H]3[C@H]2C(=O)NC2CCCCC2)c1. The van der Waals surface area contributed by atoms with E-state index in [9.17, 15) is 9.59 Å². The third-order valence-electron chi connectivity index (χ3n) is 6.34. The Bertz CT molecular complexity index is 803. The van der Waals surface area contributed by atoms with Crippen molar-refractivity contribution in [2.45, 2.75) is 76.0 Å². The normalized spacial score (nSPS) is 28.3. The fraction of sp³-hybridized carbons (Fsp3) is 0.652. The highest BCUT2D eigenvalue weighted by Crippen LogP contribution is 2.38. The lowest BCUT2D eigenvalue weighted by Gasteiger charge is -2.31. The number of hydrogen-bond donors (Lipinski definition) is 1. The standard InChI is InChI=1S/C23H33N3O4/c1-23(2)29-18-14-26(22(28)15-9-8-12-17(13-15)25(3)4)19(20(18)30-23)21(27)24-16-10-6-5-7-11-16/h8-9,12-13,16,18-20H,5-7,10-11,14H2,1-4H3,(H,24,27)/t18-,19-,20-/m0/s1. The minimum atomic E-state index is -0.751. The summed E-state index contributed by atoms with van der Waals surface area (Å²) in [6, 6.07) is 6.97. The molecule has 4 rings (SSSR count). The maximum absolute atomic E-state index is 13.4. The second-order valence-corrected chi connectivity index (χ2v) is 9.33. The van der Waals surface area contributed by atoms with Crippen molar-refractivity contribution < 1.29 is 19.1 Å². The number of nitrogens with one attached hydrogen (secondary N) is 1. The van der Waals surface area contributed by atoms with Gasteiger partial charge in [0.15, 0.2) is 5.79 Å². The van der Waals surface area contributed by atoms with Crippen LogP contribution in [0.2, 0.25) is 0 Å². The highest BCUT2D eigenvalue weighted by atomic mass is 16.8. The molecule has 1 aliphatic carbocycles. The first-order valence-electron chi connectivity index (χ1n) is 11.0. The van der Waals surface area contributed by atoms with Crippen LogP contribution in [-0.4, -0.2) is 67.4 Å². The fourth-order valence-electron chi connectivity index (χ4n) is 4.87. The summed E-state index contributed by atoms with van der Waals surface area (Å²) in [5.74, 6) is -1.05. The van der Waals surface area contributed by atoms with Crippen LogP contribution in [0.5, 0.6) is 0 Å². The van der Waals surface area contributed by atoms with Gasteiger partial charge in [-0.1, -0.05) is 25.3 Å². The maximum Gasteiger partial charge on any atom is 0.254 e. The van der Waals surface area contributed by atoms with Gasteiger partial charge >= 0.3 is 0 Å². The van der Waals surface area contributed by atoms with Gasteiger partial charge in [-0.15, -0.1) is 0 Å². The van der Waals surface area contributed by atoms with E-state index in [2.05, 4.69) is 5.32 Å². The van der Waals surface area contributed by atoms with Crippen LogP contribution >= 0.6 is 0 Å². The van der Waals surface area contributed by atoms with Gasteiger partial charge in [0.25, 0.3) is 5.91 Å². The molecule has 2 aliphatic heterocycles. The van der Waals surface area contributed by atoms with E-state index in [1.54, 1.807) is 11.0 Å². The summed E-state index contributed by atoms with van der Waals surface area (Å²) < 4.78 is 12.1. The molecule has 0 aromatic heterocycles. The molecule has 3 atom stereocenters. The van der Waals surface area contributed by atoms with Gasteiger partial charge in [-0.25, -0.2) is 0 Å². The average molecular weight is 416 g/mol. The van der Waals surface area contributed by atoms with E-state index in [4.69, 9.17) is 9.47 Å². The van der Waals surface area contributed by atoms with E-state index in [-0.39, 0.29) is 24.0 Å². The van der Waals surface area contributed by atoms with E-state index < -0.39 is 17.9 Å². The third-order valence-corrected chi connectivity index (χ3v) is 6.34. The summed E-state index contributed by atoms with van der Waals surface area (Å²) in [6.45, 7) is 4.06. The molecule has 0 spiro atoms. The predicted octanol–water partition coefficient (Wildman–Crippen LogP) is 2.55. The molecule has 2 saturated heterocycles. The second kappa shape index (κ2) is 8.19. The molecule has 3 fully saturated rings. The van der Waals surface area contributed by atoms with Crippen LogP contribution in [0.25, 0.3) is 0 Å². The number of anilines is 1. The van der Waals surface area contributed by atoms with E-state index >= 15 is 0 Å².